The monoisotopic (exact) mass is 194 g/mol. The zero-order chi connectivity index (χ0) is 5.15. The van der Waals surface area contributed by atoms with Crippen LogP contribution in [0.4, 0.5) is 0 Å². The summed E-state index contributed by atoms with van der Waals surface area (Å²) in [5.41, 5.74) is 0. The van der Waals surface area contributed by atoms with Crippen LogP contribution >= 0.6 is 0 Å². The average molecular weight is 196 g/mol. The van der Waals surface area contributed by atoms with Crippen LogP contribution in [-0.4, -0.2) is 73.5 Å². The van der Waals surface area contributed by atoms with Crippen molar-refractivity contribution in [3.8, 4) is 0 Å². The largest absolute Gasteiger partial charge is 0 e. The minimum absolute atomic E-state index is 0. The normalized spacial score (nSPS) is 5.50. The van der Waals surface area contributed by atoms with Crippen LogP contribution in [0.3, 0.4) is 0 Å². The Hall–Kier alpha value is 1.20. The Morgan fingerprint density at radius 2 is 1.12 bits per heavy atom. The minimum atomic E-state index is -1.82. The van der Waals surface area contributed by atoms with Crippen LogP contribution in [0, 0.1) is 0 Å². The minimum Gasteiger partial charge on any atom is 0 e. The Labute approximate surface area is 101 Å². The summed E-state index contributed by atoms with van der Waals surface area (Å²) in [5.74, 6) is -3.65. The summed E-state index contributed by atoms with van der Waals surface area (Å²) in [6.07, 6.45) is 0. The fourth-order valence-electron chi connectivity index (χ4n) is 0. The van der Waals surface area contributed by atoms with Crippen molar-refractivity contribution in [2.75, 3.05) is 0 Å². The molecule has 0 radical (unpaired) electrons. The number of hydrogen-bond acceptors (Lipinski definition) is 2. The molecule has 0 saturated heterocycles. The standard InChI is InChI=1S/C2H2O4.K.Zn.H/c3-1(4)2(5)6;;;/h(H,3,4)(H,5,6);;;. The summed E-state index contributed by atoms with van der Waals surface area (Å²) >= 11 is 0. The molecule has 4 nitrogen and oxygen atoms in total. The van der Waals surface area contributed by atoms with Crippen LogP contribution < -0.4 is 0 Å². The molecule has 38 valence electrons. The van der Waals surface area contributed by atoms with Gasteiger partial charge in [-0.05, 0) is 0 Å². The van der Waals surface area contributed by atoms with Gasteiger partial charge in [0.1, 0.15) is 0 Å². The van der Waals surface area contributed by atoms with E-state index in [4.69, 9.17) is 19.8 Å². The van der Waals surface area contributed by atoms with Crippen molar-refractivity contribution in [2.24, 2.45) is 0 Å². The van der Waals surface area contributed by atoms with Gasteiger partial charge in [-0.3, -0.25) is 0 Å². The molecule has 0 heterocycles. The van der Waals surface area contributed by atoms with Crippen LogP contribution in [0.25, 0.3) is 0 Å². The van der Waals surface area contributed by atoms with Crippen molar-refractivity contribution in [3.63, 3.8) is 0 Å². The van der Waals surface area contributed by atoms with Gasteiger partial charge in [0.15, 0.2) is 0 Å². The van der Waals surface area contributed by atoms with Gasteiger partial charge in [-0.1, -0.05) is 0 Å². The summed E-state index contributed by atoms with van der Waals surface area (Å²) in [5, 5.41) is 14.8. The van der Waals surface area contributed by atoms with Gasteiger partial charge in [-0.25, -0.2) is 9.59 Å². The quantitative estimate of drug-likeness (QED) is 0.365. The van der Waals surface area contributed by atoms with E-state index in [2.05, 4.69) is 0 Å². The predicted octanol–water partition coefficient (Wildman–Crippen LogP) is -1.50. The van der Waals surface area contributed by atoms with Gasteiger partial charge in [0.25, 0.3) is 0 Å². The SMILES string of the molecule is O=C(O)C(=O)O.[KH].[Zn]. The molecule has 2 N–H and O–H groups in total. The summed E-state index contributed by atoms with van der Waals surface area (Å²) in [6, 6.07) is 0. The first-order chi connectivity index (χ1) is 2.64. The van der Waals surface area contributed by atoms with Gasteiger partial charge in [0, 0.05) is 19.5 Å². The topological polar surface area (TPSA) is 74.6 Å². The van der Waals surface area contributed by atoms with Gasteiger partial charge >= 0.3 is 63.3 Å². The third-order valence-corrected chi connectivity index (χ3v) is 0.183. The summed E-state index contributed by atoms with van der Waals surface area (Å²) in [6.45, 7) is 0. The molecule has 0 atom stereocenters. The molecule has 0 aromatic carbocycles. The first-order valence-electron chi connectivity index (χ1n) is 1.11. The van der Waals surface area contributed by atoms with Gasteiger partial charge in [0.05, 0.1) is 0 Å². The zero-order valence-corrected chi connectivity index (χ0v) is 6.39. The van der Waals surface area contributed by atoms with Gasteiger partial charge < -0.3 is 10.2 Å². The Bertz CT molecular complexity index is 80.0. The molecule has 0 amide bonds. The average Bonchev–Trinajstić information content (AvgIpc) is 1.36. The van der Waals surface area contributed by atoms with E-state index in [1.807, 2.05) is 0 Å². The molecular formula is C2H3KO4Zn. The summed E-state index contributed by atoms with van der Waals surface area (Å²) in [4.78, 5) is 18.2. The zero-order valence-electron chi connectivity index (χ0n) is 3.42. The Balaban J connectivity index is -0.000000125. The molecule has 0 rings (SSSR count). The van der Waals surface area contributed by atoms with Crippen LogP contribution in [0.5, 0.6) is 0 Å². The molecule has 0 aliphatic carbocycles. The van der Waals surface area contributed by atoms with Gasteiger partial charge in [-0.2, -0.15) is 0 Å². The van der Waals surface area contributed by atoms with E-state index in [9.17, 15) is 0 Å². The van der Waals surface area contributed by atoms with Crippen LogP contribution in [0.1, 0.15) is 0 Å². The molecule has 6 heteroatoms. The molecule has 0 aromatic rings. The number of rotatable bonds is 0. The smallest absolute Gasteiger partial charge is 0 e. The molecule has 0 unspecified atom stereocenters. The molecule has 8 heavy (non-hydrogen) atoms. The first-order valence-corrected chi connectivity index (χ1v) is 1.11. The number of carboxylic acid groups (broad SMARTS) is 2. The molecule has 0 fully saturated rings. The second kappa shape index (κ2) is 8.20. The van der Waals surface area contributed by atoms with E-state index in [0.29, 0.717) is 0 Å². The molecule has 0 bridgehead atoms. The fraction of sp³-hybridized carbons (Fsp3) is 0. The third-order valence-electron chi connectivity index (χ3n) is 0.183. The van der Waals surface area contributed by atoms with E-state index in [-0.39, 0.29) is 70.9 Å². The van der Waals surface area contributed by atoms with E-state index in [1.54, 1.807) is 0 Å². The first kappa shape index (κ1) is 16.1. The molecular weight excluding hydrogens is 193 g/mol. The Morgan fingerprint density at radius 3 is 1.12 bits per heavy atom. The molecule has 0 aliphatic heterocycles. The van der Waals surface area contributed by atoms with Crippen LogP contribution in [-0.2, 0) is 29.1 Å². The second-order valence-corrected chi connectivity index (χ2v) is 0.610. The maximum atomic E-state index is 9.10. The Morgan fingerprint density at radius 1 is 1.00 bits per heavy atom. The van der Waals surface area contributed by atoms with E-state index >= 15 is 0 Å². The van der Waals surface area contributed by atoms with Crippen molar-refractivity contribution < 1.29 is 39.3 Å². The molecule has 0 saturated carbocycles. The predicted molar refractivity (Wildman–Crippen MR) is 22.4 cm³/mol. The van der Waals surface area contributed by atoms with Crippen molar-refractivity contribution >= 4 is 63.3 Å². The number of hydrogen-bond donors (Lipinski definition) is 2. The van der Waals surface area contributed by atoms with Crippen molar-refractivity contribution in [1.82, 2.24) is 0 Å². The van der Waals surface area contributed by atoms with Crippen molar-refractivity contribution in [2.45, 2.75) is 0 Å². The van der Waals surface area contributed by atoms with E-state index in [1.165, 1.54) is 0 Å². The van der Waals surface area contributed by atoms with Gasteiger partial charge in [0.2, 0.25) is 0 Å². The molecule has 0 spiro atoms. The second-order valence-electron chi connectivity index (χ2n) is 0.610. The maximum absolute atomic E-state index is 9.10. The Kier molecular flexibility index (Phi) is 16.5. The number of carbonyl (C=O) groups is 2. The van der Waals surface area contributed by atoms with Crippen LogP contribution in [0.2, 0.25) is 0 Å². The van der Waals surface area contributed by atoms with Crippen LogP contribution in [0.15, 0.2) is 0 Å². The third kappa shape index (κ3) is 10.2. The number of aliphatic carboxylic acids is 2. The summed E-state index contributed by atoms with van der Waals surface area (Å²) < 4.78 is 0. The fourth-order valence-corrected chi connectivity index (χ4v) is 0. The molecule has 0 aliphatic rings. The maximum Gasteiger partial charge on any atom is 0 e. The van der Waals surface area contributed by atoms with Crippen molar-refractivity contribution in [1.29, 1.82) is 0 Å². The van der Waals surface area contributed by atoms with Gasteiger partial charge in [-0.15, -0.1) is 0 Å². The molecule has 0 aromatic heterocycles. The van der Waals surface area contributed by atoms with E-state index in [0.717, 1.165) is 0 Å². The number of carboxylic acids is 2. The summed E-state index contributed by atoms with van der Waals surface area (Å²) in [7, 11) is 0. The van der Waals surface area contributed by atoms with E-state index < -0.39 is 11.9 Å². The van der Waals surface area contributed by atoms with Crippen molar-refractivity contribution in [3.05, 3.63) is 0 Å².